The minimum atomic E-state index is -0.0493. The van der Waals surface area contributed by atoms with Crippen LogP contribution >= 0.6 is 0 Å². The summed E-state index contributed by atoms with van der Waals surface area (Å²) in [6.07, 6.45) is 6.87. The lowest BCUT2D eigenvalue weighted by atomic mass is 10.0. The Morgan fingerprint density at radius 1 is 1.12 bits per heavy atom. The van der Waals surface area contributed by atoms with Gasteiger partial charge in [-0.15, -0.1) is 0 Å². The maximum atomic E-state index is 12.2. The number of anilines is 1. The Balaban J connectivity index is 1.38. The summed E-state index contributed by atoms with van der Waals surface area (Å²) in [4.78, 5) is 26.4. The zero-order valence-corrected chi connectivity index (χ0v) is 15.1. The van der Waals surface area contributed by atoms with E-state index in [2.05, 4.69) is 22.5 Å². The fraction of sp³-hybridized carbons (Fsp3) is 0.600. The van der Waals surface area contributed by atoms with E-state index < -0.39 is 0 Å². The summed E-state index contributed by atoms with van der Waals surface area (Å²) < 4.78 is 0. The molecule has 1 aromatic rings. The predicted molar refractivity (Wildman–Crippen MR) is 99.6 cm³/mol. The summed E-state index contributed by atoms with van der Waals surface area (Å²) in [5, 5.41) is 5.88. The number of amides is 2. The van der Waals surface area contributed by atoms with E-state index in [1.807, 2.05) is 0 Å². The van der Waals surface area contributed by atoms with Crippen LogP contribution in [0.15, 0.2) is 24.3 Å². The number of piperidine rings is 1. The average molecular weight is 343 g/mol. The third-order valence-corrected chi connectivity index (χ3v) is 5.21. The van der Waals surface area contributed by atoms with Gasteiger partial charge in [-0.05, 0) is 69.8 Å². The number of nitrogens with one attached hydrogen (secondary N) is 2. The molecule has 1 unspecified atom stereocenters. The van der Waals surface area contributed by atoms with Crippen molar-refractivity contribution < 1.29 is 9.59 Å². The minimum Gasteiger partial charge on any atom is -0.352 e. The van der Waals surface area contributed by atoms with Crippen molar-refractivity contribution in [2.45, 2.75) is 51.5 Å². The Kier molecular flexibility index (Phi) is 6.08. The molecule has 1 aromatic carbocycles. The molecule has 0 bridgehead atoms. The van der Waals surface area contributed by atoms with Crippen LogP contribution in [-0.4, -0.2) is 42.4 Å². The number of carbonyl (C=O) groups excluding carboxylic acids is 2. The zero-order chi connectivity index (χ0) is 17.6. The molecule has 1 saturated heterocycles. The molecule has 2 aliphatic rings. The molecule has 1 aliphatic heterocycles. The smallest absolute Gasteiger partial charge is 0.251 e. The summed E-state index contributed by atoms with van der Waals surface area (Å²) in [5.74, 6) is 0.224. The first-order valence-electron chi connectivity index (χ1n) is 9.56. The summed E-state index contributed by atoms with van der Waals surface area (Å²) >= 11 is 0. The van der Waals surface area contributed by atoms with Crippen LogP contribution in [0.1, 0.15) is 55.8 Å². The Bertz CT molecular complexity index is 595. The van der Waals surface area contributed by atoms with Gasteiger partial charge in [-0.1, -0.05) is 6.42 Å². The largest absolute Gasteiger partial charge is 0.352 e. The van der Waals surface area contributed by atoms with Crippen LogP contribution in [0.3, 0.4) is 0 Å². The van der Waals surface area contributed by atoms with Crippen molar-refractivity contribution in [3.8, 4) is 0 Å². The lowest BCUT2D eigenvalue weighted by molar-refractivity contribution is -0.117. The number of nitrogens with zero attached hydrogens (tertiary/aromatic N) is 1. The highest BCUT2D eigenvalue weighted by molar-refractivity contribution is 5.96. The fourth-order valence-electron chi connectivity index (χ4n) is 3.37. The number of likely N-dealkylation sites (tertiary alicyclic amines) is 1. The van der Waals surface area contributed by atoms with Crippen LogP contribution in [0.4, 0.5) is 5.69 Å². The van der Waals surface area contributed by atoms with Gasteiger partial charge in [-0.2, -0.15) is 0 Å². The van der Waals surface area contributed by atoms with Crippen molar-refractivity contribution in [1.82, 2.24) is 10.2 Å². The average Bonchev–Trinajstić information content (AvgIpc) is 3.46. The van der Waals surface area contributed by atoms with Crippen LogP contribution in [0.25, 0.3) is 0 Å². The summed E-state index contributed by atoms with van der Waals surface area (Å²) in [5.41, 5.74) is 1.39. The van der Waals surface area contributed by atoms with Gasteiger partial charge in [0.25, 0.3) is 5.91 Å². The first-order chi connectivity index (χ1) is 12.1. The molecule has 1 heterocycles. The van der Waals surface area contributed by atoms with E-state index >= 15 is 0 Å². The van der Waals surface area contributed by atoms with Crippen molar-refractivity contribution in [3.63, 3.8) is 0 Å². The second-order valence-corrected chi connectivity index (χ2v) is 7.33. The van der Waals surface area contributed by atoms with Crippen molar-refractivity contribution in [3.05, 3.63) is 29.8 Å². The van der Waals surface area contributed by atoms with Crippen LogP contribution in [-0.2, 0) is 4.79 Å². The van der Waals surface area contributed by atoms with E-state index in [1.165, 1.54) is 25.8 Å². The maximum absolute atomic E-state index is 12.2. The highest BCUT2D eigenvalue weighted by Gasteiger charge is 2.29. The van der Waals surface area contributed by atoms with Crippen molar-refractivity contribution in [2.24, 2.45) is 5.92 Å². The molecule has 0 aromatic heterocycles. The monoisotopic (exact) mass is 343 g/mol. The fourth-order valence-corrected chi connectivity index (χ4v) is 3.37. The van der Waals surface area contributed by atoms with Gasteiger partial charge in [-0.3, -0.25) is 9.59 Å². The first kappa shape index (κ1) is 17.9. The van der Waals surface area contributed by atoms with Crippen molar-refractivity contribution >= 4 is 17.5 Å². The van der Waals surface area contributed by atoms with Gasteiger partial charge in [0.1, 0.15) is 0 Å². The molecule has 0 radical (unpaired) electrons. The Morgan fingerprint density at radius 3 is 2.56 bits per heavy atom. The van der Waals surface area contributed by atoms with E-state index in [1.54, 1.807) is 24.3 Å². The van der Waals surface area contributed by atoms with Crippen LogP contribution in [0, 0.1) is 5.92 Å². The number of benzene rings is 1. The molecule has 136 valence electrons. The SMILES string of the molecule is CC1CCCCN1CCCNC(=O)c1ccc(NC(=O)C2CC2)cc1. The topological polar surface area (TPSA) is 61.4 Å². The molecular formula is C20H29N3O2. The van der Waals surface area contributed by atoms with Gasteiger partial charge in [-0.25, -0.2) is 0 Å². The Hall–Kier alpha value is -1.88. The normalized spacial score (nSPS) is 20.9. The lowest BCUT2D eigenvalue weighted by Gasteiger charge is -2.33. The molecule has 2 amide bonds. The molecule has 1 atom stereocenters. The van der Waals surface area contributed by atoms with Crippen LogP contribution < -0.4 is 10.6 Å². The number of rotatable bonds is 7. The van der Waals surface area contributed by atoms with Crippen molar-refractivity contribution in [2.75, 3.05) is 25.0 Å². The molecule has 25 heavy (non-hydrogen) atoms. The van der Waals surface area contributed by atoms with Gasteiger partial charge in [0.2, 0.25) is 5.91 Å². The molecule has 1 aliphatic carbocycles. The third kappa shape index (κ3) is 5.30. The summed E-state index contributed by atoms with van der Waals surface area (Å²) in [7, 11) is 0. The molecule has 1 saturated carbocycles. The molecule has 3 rings (SSSR count). The highest BCUT2D eigenvalue weighted by Crippen LogP contribution is 2.30. The third-order valence-electron chi connectivity index (χ3n) is 5.21. The number of carbonyl (C=O) groups is 2. The second kappa shape index (κ2) is 8.48. The van der Waals surface area contributed by atoms with Gasteiger partial charge in [0, 0.05) is 36.3 Å². The molecule has 5 nitrogen and oxygen atoms in total. The Morgan fingerprint density at radius 2 is 1.88 bits per heavy atom. The predicted octanol–water partition coefficient (Wildman–Crippen LogP) is 3.03. The van der Waals surface area contributed by atoms with Gasteiger partial charge in [0.15, 0.2) is 0 Å². The van der Waals surface area contributed by atoms with Crippen molar-refractivity contribution in [1.29, 1.82) is 0 Å². The summed E-state index contributed by atoms with van der Waals surface area (Å²) in [6.45, 7) is 5.22. The minimum absolute atomic E-state index is 0.0493. The van der Waals surface area contributed by atoms with E-state index in [9.17, 15) is 9.59 Å². The quantitative estimate of drug-likeness (QED) is 0.748. The second-order valence-electron chi connectivity index (χ2n) is 7.33. The van der Waals surface area contributed by atoms with Gasteiger partial charge < -0.3 is 15.5 Å². The number of hydrogen-bond donors (Lipinski definition) is 2. The highest BCUT2D eigenvalue weighted by atomic mass is 16.2. The lowest BCUT2D eigenvalue weighted by Crippen LogP contribution is -2.39. The standard InChI is InChI=1S/C20H29N3O2/c1-15-5-2-3-13-23(15)14-4-12-21-19(24)16-8-10-18(11-9-16)22-20(25)17-6-7-17/h8-11,15,17H,2-7,12-14H2,1H3,(H,21,24)(H,22,25). The van der Waals surface area contributed by atoms with E-state index in [0.29, 0.717) is 18.2 Å². The zero-order valence-electron chi connectivity index (χ0n) is 15.1. The Labute approximate surface area is 150 Å². The van der Waals surface area contributed by atoms with E-state index in [-0.39, 0.29) is 17.7 Å². The number of hydrogen-bond acceptors (Lipinski definition) is 3. The van der Waals surface area contributed by atoms with E-state index in [4.69, 9.17) is 0 Å². The maximum Gasteiger partial charge on any atom is 0.251 e. The molecular weight excluding hydrogens is 314 g/mol. The molecule has 5 heteroatoms. The molecule has 2 N–H and O–H groups in total. The van der Waals surface area contributed by atoms with Gasteiger partial charge >= 0.3 is 0 Å². The summed E-state index contributed by atoms with van der Waals surface area (Å²) in [6, 6.07) is 7.80. The van der Waals surface area contributed by atoms with Crippen LogP contribution in [0.5, 0.6) is 0 Å². The van der Waals surface area contributed by atoms with Crippen LogP contribution in [0.2, 0.25) is 0 Å². The molecule has 2 fully saturated rings. The van der Waals surface area contributed by atoms with E-state index in [0.717, 1.165) is 31.5 Å². The first-order valence-corrected chi connectivity index (χ1v) is 9.56. The molecule has 0 spiro atoms. The van der Waals surface area contributed by atoms with Gasteiger partial charge in [0.05, 0.1) is 0 Å².